The summed E-state index contributed by atoms with van der Waals surface area (Å²) in [4.78, 5) is -0.226. The van der Waals surface area contributed by atoms with Crippen LogP contribution in [0.4, 0.5) is 0 Å². The van der Waals surface area contributed by atoms with Gasteiger partial charge in [-0.05, 0) is 57.5 Å². The van der Waals surface area contributed by atoms with E-state index in [1.54, 1.807) is 38.1 Å². The molecule has 5 rings (SSSR count). The second-order valence-corrected chi connectivity index (χ2v) is 13.9. The van der Waals surface area contributed by atoms with Gasteiger partial charge in [-0.25, -0.2) is 0 Å². The molecule has 2 aliphatic rings. The number of ether oxygens (including phenoxy) is 4. The van der Waals surface area contributed by atoms with E-state index in [1.165, 1.54) is 24.3 Å². The Kier molecular flexibility index (Phi) is 8.89. The number of hydrogen-bond acceptors (Lipinski definition) is 10. The normalized spacial score (nSPS) is 26.0. The van der Waals surface area contributed by atoms with Crippen molar-refractivity contribution in [3.63, 3.8) is 0 Å². The summed E-state index contributed by atoms with van der Waals surface area (Å²) in [5, 5.41) is 0. The summed E-state index contributed by atoms with van der Waals surface area (Å²) < 4.78 is 90.0. The van der Waals surface area contributed by atoms with E-state index in [-0.39, 0.29) is 23.0 Å². The summed E-state index contributed by atoms with van der Waals surface area (Å²) in [6.45, 7) is 6.81. The van der Waals surface area contributed by atoms with Gasteiger partial charge in [0.1, 0.15) is 24.4 Å². The molecule has 2 heterocycles. The van der Waals surface area contributed by atoms with Crippen LogP contribution in [0.5, 0.6) is 0 Å². The van der Waals surface area contributed by atoms with Gasteiger partial charge < -0.3 is 18.9 Å². The number of fused-ring (bicyclic) bond motifs is 1. The maximum Gasteiger partial charge on any atom is 0.297 e. The lowest BCUT2D eigenvalue weighted by atomic mass is 10.0. The summed E-state index contributed by atoms with van der Waals surface area (Å²) in [6.07, 6.45) is -6.40. The molecule has 0 unspecified atom stereocenters. The van der Waals surface area contributed by atoms with Crippen molar-refractivity contribution in [2.75, 3.05) is 6.61 Å². The summed E-state index contributed by atoms with van der Waals surface area (Å²) in [7, 11) is -8.87. The molecule has 0 bridgehead atoms. The van der Waals surface area contributed by atoms with Crippen molar-refractivity contribution in [3.8, 4) is 0 Å². The van der Waals surface area contributed by atoms with E-state index in [1.807, 2.05) is 44.2 Å². The molecule has 0 aliphatic carbocycles. The van der Waals surface area contributed by atoms with E-state index in [4.69, 9.17) is 27.3 Å². The Morgan fingerprint density at radius 3 is 1.81 bits per heavy atom. The third kappa shape index (κ3) is 7.09. The van der Waals surface area contributed by atoms with Crippen LogP contribution in [0.2, 0.25) is 0 Å². The van der Waals surface area contributed by atoms with Gasteiger partial charge in [0.25, 0.3) is 20.2 Å². The first-order valence-corrected chi connectivity index (χ1v) is 16.3. The molecular weight excluding hydrogens is 584 g/mol. The Hall–Kier alpha value is -2.68. The third-order valence-electron chi connectivity index (χ3n) is 6.93. The molecule has 0 amide bonds. The monoisotopic (exact) mass is 618 g/mol. The molecule has 3 aromatic rings. The average molecular weight is 619 g/mol. The van der Waals surface area contributed by atoms with Crippen molar-refractivity contribution in [3.05, 3.63) is 95.6 Å². The Balaban J connectivity index is 1.56. The van der Waals surface area contributed by atoms with E-state index in [0.29, 0.717) is 0 Å². The minimum Gasteiger partial charge on any atom is -0.368 e. The summed E-state index contributed by atoms with van der Waals surface area (Å²) in [6, 6.07) is 21.4. The minimum atomic E-state index is -4.44. The van der Waals surface area contributed by atoms with Crippen LogP contribution in [-0.2, 0) is 54.2 Å². The average Bonchev–Trinajstić information content (AvgIpc) is 3.20. The zero-order valence-electron chi connectivity index (χ0n) is 23.7. The number of benzene rings is 3. The van der Waals surface area contributed by atoms with Crippen molar-refractivity contribution >= 4 is 20.2 Å². The Labute approximate surface area is 246 Å². The van der Waals surface area contributed by atoms with Gasteiger partial charge in [0, 0.05) is 0 Å². The number of aryl methyl sites for hydroxylation is 2. The van der Waals surface area contributed by atoms with Gasteiger partial charge in [0.05, 0.1) is 23.0 Å². The van der Waals surface area contributed by atoms with E-state index >= 15 is 0 Å². The van der Waals surface area contributed by atoms with Crippen molar-refractivity contribution in [1.29, 1.82) is 0 Å². The molecule has 2 fully saturated rings. The zero-order valence-corrected chi connectivity index (χ0v) is 25.3. The Bertz CT molecular complexity index is 1570. The molecular formula is C30H34O10S2. The van der Waals surface area contributed by atoms with Crippen molar-refractivity contribution < 1.29 is 44.1 Å². The largest absolute Gasteiger partial charge is 0.368 e. The van der Waals surface area contributed by atoms with Crippen LogP contribution < -0.4 is 0 Å². The molecule has 0 aromatic heterocycles. The van der Waals surface area contributed by atoms with Crippen LogP contribution in [0.15, 0.2) is 88.7 Å². The minimum absolute atomic E-state index is 0.0687. The molecule has 0 N–H and O–H groups in total. The SMILES string of the molecule is Cc1ccc(S(=O)(=O)O[C@@H]2[C@H]3OC(C)(C)O[C@H]3OC[C@@H](OCc3ccccc3)[C@H]2OS(=O)(=O)c2ccc(C)cc2)cc1. The highest BCUT2D eigenvalue weighted by Crippen LogP contribution is 2.38. The smallest absolute Gasteiger partial charge is 0.297 e. The number of rotatable bonds is 9. The van der Waals surface area contributed by atoms with Gasteiger partial charge in [0.15, 0.2) is 12.1 Å². The van der Waals surface area contributed by atoms with Crippen LogP contribution >= 0.6 is 0 Å². The van der Waals surface area contributed by atoms with Crippen LogP contribution in [0.3, 0.4) is 0 Å². The highest BCUT2D eigenvalue weighted by Gasteiger charge is 2.56. The molecule has 226 valence electrons. The number of hydrogen-bond donors (Lipinski definition) is 0. The van der Waals surface area contributed by atoms with Crippen LogP contribution in [-0.4, -0.2) is 59.9 Å². The van der Waals surface area contributed by atoms with Gasteiger partial charge >= 0.3 is 0 Å². The van der Waals surface area contributed by atoms with Crippen LogP contribution in [0.25, 0.3) is 0 Å². The van der Waals surface area contributed by atoms with E-state index < -0.39 is 56.7 Å². The predicted octanol–water partition coefficient (Wildman–Crippen LogP) is 4.24. The zero-order chi connectivity index (χ0) is 30.1. The second-order valence-electron chi connectivity index (χ2n) is 10.8. The molecule has 12 heteroatoms. The fourth-order valence-electron chi connectivity index (χ4n) is 4.75. The topological polar surface area (TPSA) is 124 Å². The second kappa shape index (κ2) is 12.1. The molecule has 3 aromatic carbocycles. The molecule has 10 nitrogen and oxygen atoms in total. The predicted molar refractivity (Wildman–Crippen MR) is 151 cm³/mol. The van der Waals surface area contributed by atoms with E-state index in [9.17, 15) is 16.8 Å². The first-order chi connectivity index (χ1) is 19.8. The first-order valence-electron chi connectivity index (χ1n) is 13.5. The lowest BCUT2D eigenvalue weighted by Crippen LogP contribution is -2.51. The van der Waals surface area contributed by atoms with Crippen molar-refractivity contribution in [2.45, 2.75) is 80.6 Å². The van der Waals surface area contributed by atoms with Crippen molar-refractivity contribution in [1.82, 2.24) is 0 Å². The lowest BCUT2D eigenvalue weighted by molar-refractivity contribution is -0.205. The Morgan fingerprint density at radius 2 is 1.26 bits per heavy atom. The summed E-state index contributed by atoms with van der Waals surface area (Å²) >= 11 is 0. The third-order valence-corrected chi connectivity index (χ3v) is 9.58. The summed E-state index contributed by atoms with van der Waals surface area (Å²) in [5.74, 6) is -1.18. The molecule has 42 heavy (non-hydrogen) atoms. The highest BCUT2D eigenvalue weighted by molar-refractivity contribution is 7.87. The quantitative estimate of drug-likeness (QED) is 0.322. The Morgan fingerprint density at radius 1 is 0.738 bits per heavy atom. The first kappa shape index (κ1) is 30.8. The van der Waals surface area contributed by atoms with E-state index in [0.717, 1.165) is 16.7 Å². The maximum atomic E-state index is 13.6. The fourth-order valence-corrected chi connectivity index (χ4v) is 6.95. The van der Waals surface area contributed by atoms with Gasteiger partial charge in [-0.2, -0.15) is 16.8 Å². The molecule has 2 saturated heterocycles. The standard InChI is InChI=1S/C30H34O10S2/c1-20-10-14-23(15-11-20)41(31,32)39-26-25(35-18-22-8-6-5-7-9-22)19-36-29-28(37-30(3,4)38-29)27(26)40-42(33,34)24-16-12-21(2)13-17-24/h5-17,25-29H,18-19H2,1-4H3/t25-,26-,27+,28-,29-/m1/s1. The molecule has 0 radical (unpaired) electrons. The van der Waals surface area contributed by atoms with Gasteiger partial charge in [-0.15, -0.1) is 0 Å². The molecule has 0 spiro atoms. The molecule has 5 atom stereocenters. The highest BCUT2D eigenvalue weighted by atomic mass is 32.2. The fraction of sp³-hybridized carbons (Fsp3) is 0.400. The maximum absolute atomic E-state index is 13.6. The van der Waals surface area contributed by atoms with Crippen molar-refractivity contribution in [2.24, 2.45) is 0 Å². The molecule has 2 aliphatic heterocycles. The van der Waals surface area contributed by atoms with Gasteiger partial charge in [0.2, 0.25) is 0 Å². The van der Waals surface area contributed by atoms with Crippen LogP contribution in [0, 0.1) is 13.8 Å². The van der Waals surface area contributed by atoms with Crippen LogP contribution in [0.1, 0.15) is 30.5 Å². The van der Waals surface area contributed by atoms with E-state index in [2.05, 4.69) is 0 Å². The van der Waals surface area contributed by atoms with Gasteiger partial charge in [-0.3, -0.25) is 8.37 Å². The molecule has 0 saturated carbocycles. The van der Waals surface area contributed by atoms with Gasteiger partial charge in [-0.1, -0.05) is 65.7 Å². The summed E-state index contributed by atoms with van der Waals surface area (Å²) in [5.41, 5.74) is 2.51. The lowest BCUT2D eigenvalue weighted by Gasteiger charge is -2.32.